The van der Waals surface area contributed by atoms with Gasteiger partial charge in [-0.15, -0.1) is 0 Å². The molecule has 0 saturated heterocycles. The van der Waals surface area contributed by atoms with Crippen LogP contribution in [0.3, 0.4) is 0 Å². The fourth-order valence-corrected chi connectivity index (χ4v) is 1.47. The molecular formula is C14H18FNO3. The highest BCUT2D eigenvalue weighted by Crippen LogP contribution is 2.05. The Morgan fingerprint density at radius 1 is 1.32 bits per heavy atom. The van der Waals surface area contributed by atoms with E-state index in [9.17, 15) is 14.0 Å². The van der Waals surface area contributed by atoms with Gasteiger partial charge >= 0.3 is 5.97 Å². The van der Waals surface area contributed by atoms with Crippen LogP contribution in [0.25, 0.3) is 0 Å². The Kier molecular flexibility index (Phi) is 5.03. The Morgan fingerprint density at radius 3 is 2.58 bits per heavy atom. The maximum Gasteiger partial charge on any atom is 0.310 e. The van der Waals surface area contributed by atoms with E-state index in [1.54, 1.807) is 6.07 Å². The Balaban J connectivity index is 2.38. The molecule has 1 aromatic rings. The molecule has 0 bridgehead atoms. The first-order valence-electron chi connectivity index (χ1n) is 5.97. The molecular weight excluding hydrogens is 249 g/mol. The van der Waals surface area contributed by atoms with Crippen molar-refractivity contribution in [3.05, 3.63) is 35.6 Å². The summed E-state index contributed by atoms with van der Waals surface area (Å²) in [5, 5.41) is 2.67. The lowest BCUT2D eigenvalue weighted by Gasteiger charge is -2.20. The SMILES string of the molecule is CC(C)(C)NC(=O)COC(=O)Cc1cccc(F)c1. The van der Waals surface area contributed by atoms with Gasteiger partial charge in [-0.1, -0.05) is 12.1 Å². The third kappa shape index (κ3) is 6.55. The number of esters is 1. The van der Waals surface area contributed by atoms with Crippen LogP contribution in [0, 0.1) is 5.82 Å². The van der Waals surface area contributed by atoms with Crippen LogP contribution < -0.4 is 5.32 Å². The number of nitrogens with one attached hydrogen (secondary N) is 1. The summed E-state index contributed by atoms with van der Waals surface area (Å²) in [5.41, 5.74) is 0.146. The Bertz CT molecular complexity index is 466. The zero-order valence-corrected chi connectivity index (χ0v) is 11.3. The second kappa shape index (κ2) is 6.31. The Morgan fingerprint density at radius 2 is 2.00 bits per heavy atom. The van der Waals surface area contributed by atoms with Gasteiger partial charge in [0, 0.05) is 5.54 Å². The minimum absolute atomic E-state index is 0.0550. The quantitative estimate of drug-likeness (QED) is 0.847. The molecule has 1 aromatic carbocycles. The first-order chi connectivity index (χ1) is 8.76. The number of rotatable bonds is 4. The van der Waals surface area contributed by atoms with Gasteiger partial charge in [-0.05, 0) is 38.5 Å². The van der Waals surface area contributed by atoms with Gasteiger partial charge in [-0.25, -0.2) is 4.39 Å². The summed E-state index contributed by atoms with van der Waals surface area (Å²) in [7, 11) is 0. The van der Waals surface area contributed by atoms with Crippen molar-refractivity contribution in [1.29, 1.82) is 0 Å². The molecule has 1 amide bonds. The van der Waals surface area contributed by atoms with E-state index in [1.165, 1.54) is 18.2 Å². The lowest BCUT2D eigenvalue weighted by molar-refractivity contribution is -0.148. The van der Waals surface area contributed by atoms with Crippen LogP contribution in [-0.4, -0.2) is 24.0 Å². The van der Waals surface area contributed by atoms with Gasteiger partial charge in [0.05, 0.1) is 6.42 Å². The molecule has 0 fully saturated rings. The third-order valence-electron chi connectivity index (χ3n) is 2.12. The average Bonchev–Trinajstić information content (AvgIpc) is 2.24. The summed E-state index contributed by atoms with van der Waals surface area (Å²) in [6.45, 7) is 5.17. The van der Waals surface area contributed by atoms with Crippen LogP contribution in [0.4, 0.5) is 4.39 Å². The van der Waals surface area contributed by atoms with Gasteiger partial charge in [0.1, 0.15) is 5.82 Å². The highest BCUT2D eigenvalue weighted by Gasteiger charge is 2.15. The minimum Gasteiger partial charge on any atom is -0.455 e. The lowest BCUT2D eigenvalue weighted by atomic mass is 10.1. The number of halogens is 1. The number of ether oxygens (including phenoxy) is 1. The maximum absolute atomic E-state index is 12.9. The van der Waals surface area contributed by atoms with Gasteiger partial charge in [-0.2, -0.15) is 0 Å². The van der Waals surface area contributed by atoms with Gasteiger partial charge in [0.2, 0.25) is 0 Å². The third-order valence-corrected chi connectivity index (χ3v) is 2.12. The number of amides is 1. The lowest BCUT2D eigenvalue weighted by Crippen LogP contribution is -2.42. The highest BCUT2D eigenvalue weighted by molar-refractivity contribution is 5.81. The molecule has 0 saturated carbocycles. The molecule has 0 aliphatic rings. The second-order valence-corrected chi connectivity index (χ2v) is 5.27. The first-order valence-corrected chi connectivity index (χ1v) is 5.97. The van der Waals surface area contributed by atoms with E-state index in [1.807, 2.05) is 20.8 Å². The predicted molar refractivity (Wildman–Crippen MR) is 69.0 cm³/mol. The van der Waals surface area contributed by atoms with E-state index in [-0.39, 0.29) is 24.5 Å². The molecule has 104 valence electrons. The van der Waals surface area contributed by atoms with Gasteiger partial charge < -0.3 is 10.1 Å². The smallest absolute Gasteiger partial charge is 0.310 e. The van der Waals surface area contributed by atoms with Crippen LogP contribution in [0.15, 0.2) is 24.3 Å². The van der Waals surface area contributed by atoms with E-state index in [0.717, 1.165) is 0 Å². The van der Waals surface area contributed by atoms with E-state index < -0.39 is 11.8 Å². The molecule has 0 spiro atoms. The highest BCUT2D eigenvalue weighted by atomic mass is 19.1. The zero-order chi connectivity index (χ0) is 14.5. The van der Waals surface area contributed by atoms with E-state index >= 15 is 0 Å². The summed E-state index contributed by atoms with van der Waals surface area (Å²) >= 11 is 0. The number of benzene rings is 1. The number of carbonyl (C=O) groups is 2. The van der Waals surface area contributed by atoms with Crippen LogP contribution in [0.5, 0.6) is 0 Å². The summed E-state index contributed by atoms with van der Waals surface area (Å²) in [6, 6.07) is 5.70. The zero-order valence-electron chi connectivity index (χ0n) is 11.3. The summed E-state index contributed by atoms with van der Waals surface area (Å²) in [6.07, 6.45) is -0.0550. The standard InChI is InChI=1S/C14H18FNO3/c1-14(2,3)16-12(17)9-19-13(18)8-10-5-4-6-11(15)7-10/h4-7H,8-9H2,1-3H3,(H,16,17). The van der Waals surface area contributed by atoms with Crippen molar-refractivity contribution < 1.29 is 18.7 Å². The Hall–Kier alpha value is -1.91. The average molecular weight is 267 g/mol. The van der Waals surface area contributed by atoms with Gasteiger partial charge in [-0.3, -0.25) is 9.59 Å². The number of hydrogen-bond donors (Lipinski definition) is 1. The molecule has 1 N–H and O–H groups in total. The van der Waals surface area contributed by atoms with E-state index in [0.29, 0.717) is 5.56 Å². The minimum atomic E-state index is -0.561. The summed E-state index contributed by atoms with van der Waals surface area (Å²) < 4.78 is 17.7. The fourth-order valence-electron chi connectivity index (χ4n) is 1.47. The van der Waals surface area contributed by atoms with Crippen molar-refractivity contribution in [2.24, 2.45) is 0 Å². The normalized spacial score (nSPS) is 10.9. The monoisotopic (exact) mass is 267 g/mol. The molecule has 0 aliphatic heterocycles. The van der Waals surface area contributed by atoms with Crippen molar-refractivity contribution in [2.75, 3.05) is 6.61 Å². The van der Waals surface area contributed by atoms with Crippen molar-refractivity contribution in [3.8, 4) is 0 Å². The van der Waals surface area contributed by atoms with Crippen molar-refractivity contribution in [2.45, 2.75) is 32.7 Å². The molecule has 19 heavy (non-hydrogen) atoms. The maximum atomic E-state index is 12.9. The number of hydrogen-bond acceptors (Lipinski definition) is 3. The van der Waals surface area contributed by atoms with Crippen molar-refractivity contribution in [3.63, 3.8) is 0 Å². The number of carbonyl (C=O) groups excluding carboxylic acids is 2. The molecule has 1 rings (SSSR count). The van der Waals surface area contributed by atoms with Crippen molar-refractivity contribution >= 4 is 11.9 Å². The predicted octanol–water partition coefficient (Wildman–Crippen LogP) is 1.83. The molecule has 0 aromatic heterocycles. The van der Waals surface area contributed by atoms with Gasteiger partial charge in [0.15, 0.2) is 6.61 Å². The second-order valence-electron chi connectivity index (χ2n) is 5.27. The topological polar surface area (TPSA) is 55.4 Å². The molecule has 0 aliphatic carbocycles. The summed E-state index contributed by atoms with van der Waals surface area (Å²) in [5.74, 6) is -1.33. The molecule has 0 unspecified atom stereocenters. The Labute approximate surface area is 112 Å². The molecule has 0 atom stereocenters. The van der Waals surface area contributed by atoms with E-state index in [4.69, 9.17) is 4.74 Å². The van der Waals surface area contributed by atoms with Gasteiger partial charge in [0.25, 0.3) is 5.91 Å². The van der Waals surface area contributed by atoms with Crippen LogP contribution in [-0.2, 0) is 20.7 Å². The summed E-state index contributed by atoms with van der Waals surface area (Å²) in [4.78, 5) is 22.9. The van der Waals surface area contributed by atoms with Crippen LogP contribution in [0.2, 0.25) is 0 Å². The molecule has 0 heterocycles. The van der Waals surface area contributed by atoms with Crippen LogP contribution in [0.1, 0.15) is 26.3 Å². The van der Waals surface area contributed by atoms with Crippen molar-refractivity contribution in [1.82, 2.24) is 5.32 Å². The largest absolute Gasteiger partial charge is 0.455 e. The first kappa shape index (κ1) is 15.1. The molecule has 4 nitrogen and oxygen atoms in total. The van der Waals surface area contributed by atoms with E-state index in [2.05, 4.69) is 5.32 Å². The fraction of sp³-hybridized carbons (Fsp3) is 0.429. The molecule has 0 radical (unpaired) electrons. The van der Waals surface area contributed by atoms with Crippen LogP contribution >= 0.6 is 0 Å². The molecule has 5 heteroatoms.